The summed E-state index contributed by atoms with van der Waals surface area (Å²) in [4.78, 5) is 23.5. The van der Waals surface area contributed by atoms with Crippen LogP contribution in [0.1, 0.15) is 55.3 Å². The van der Waals surface area contributed by atoms with Crippen LogP contribution in [0, 0.1) is 11.3 Å². The fraction of sp³-hybridized carbons (Fsp3) is 0.600. The molecule has 7 nitrogen and oxygen atoms in total. The molecule has 1 aromatic rings. The predicted octanol–water partition coefficient (Wildman–Crippen LogP) is 2.18. The van der Waals surface area contributed by atoms with Crippen molar-refractivity contribution in [2.75, 3.05) is 19.6 Å². The Morgan fingerprint density at radius 3 is 2.46 bits per heavy atom. The molecule has 2 fully saturated rings. The number of Topliss-reactive ketones (excluding diaryl/α,β-unsaturated/α-hetero) is 1. The summed E-state index contributed by atoms with van der Waals surface area (Å²) < 4.78 is 27.0. The lowest BCUT2D eigenvalue weighted by Crippen LogP contribution is -2.40. The van der Waals surface area contributed by atoms with E-state index in [-0.39, 0.29) is 29.6 Å². The van der Waals surface area contributed by atoms with Gasteiger partial charge in [0.15, 0.2) is 5.78 Å². The second kappa shape index (κ2) is 8.71. The highest BCUT2D eigenvalue weighted by Gasteiger charge is 2.38. The SMILES string of the molecule is O=C(O)CCNS(=O)(=O)c1cccc(C(=O)C2CCC3(CCNCC3)CC2)c1. The average molecular weight is 409 g/mol. The Morgan fingerprint density at radius 2 is 1.82 bits per heavy atom. The molecule has 1 saturated heterocycles. The first-order chi connectivity index (χ1) is 13.3. The van der Waals surface area contributed by atoms with Gasteiger partial charge in [-0.05, 0) is 69.2 Å². The first-order valence-corrected chi connectivity index (χ1v) is 11.4. The maximum atomic E-state index is 12.9. The van der Waals surface area contributed by atoms with E-state index in [0.717, 1.165) is 38.8 Å². The summed E-state index contributed by atoms with van der Waals surface area (Å²) in [6.07, 6.45) is 5.86. The van der Waals surface area contributed by atoms with Gasteiger partial charge >= 0.3 is 5.97 Å². The molecule has 1 aliphatic carbocycles. The monoisotopic (exact) mass is 408 g/mol. The summed E-state index contributed by atoms with van der Waals surface area (Å²) in [5, 5.41) is 12.0. The maximum Gasteiger partial charge on any atom is 0.304 e. The summed E-state index contributed by atoms with van der Waals surface area (Å²) in [5.41, 5.74) is 0.786. The van der Waals surface area contributed by atoms with E-state index in [4.69, 9.17) is 5.11 Å². The fourth-order valence-corrected chi connectivity index (χ4v) is 5.45. The van der Waals surface area contributed by atoms with Gasteiger partial charge in [0.25, 0.3) is 0 Å². The van der Waals surface area contributed by atoms with Gasteiger partial charge in [-0.1, -0.05) is 12.1 Å². The maximum absolute atomic E-state index is 12.9. The normalized spacial score (nSPS) is 20.1. The van der Waals surface area contributed by atoms with Crippen LogP contribution in [0.3, 0.4) is 0 Å². The lowest BCUT2D eigenvalue weighted by Gasteiger charge is -2.42. The van der Waals surface area contributed by atoms with Gasteiger partial charge in [-0.3, -0.25) is 9.59 Å². The number of hydrogen-bond donors (Lipinski definition) is 3. The van der Waals surface area contributed by atoms with Gasteiger partial charge in [0.2, 0.25) is 10.0 Å². The van der Waals surface area contributed by atoms with Crippen molar-refractivity contribution in [2.24, 2.45) is 11.3 Å². The van der Waals surface area contributed by atoms with Crippen molar-refractivity contribution in [1.82, 2.24) is 10.0 Å². The first kappa shape index (κ1) is 21.0. The van der Waals surface area contributed by atoms with Crippen molar-refractivity contribution in [2.45, 2.75) is 49.8 Å². The number of carbonyl (C=O) groups is 2. The van der Waals surface area contributed by atoms with Crippen molar-refractivity contribution in [3.05, 3.63) is 29.8 Å². The van der Waals surface area contributed by atoms with E-state index in [1.165, 1.54) is 25.0 Å². The minimum absolute atomic E-state index is 0.00521. The number of benzene rings is 1. The molecule has 2 aliphatic rings. The van der Waals surface area contributed by atoms with Crippen LogP contribution in [0.2, 0.25) is 0 Å². The van der Waals surface area contributed by atoms with E-state index < -0.39 is 16.0 Å². The van der Waals surface area contributed by atoms with Crippen molar-refractivity contribution >= 4 is 21.8 Å². The summed E-state index contributed by atoms with van der Waals surface area (Å²) >= 11 is 0. The molecule has 0 bridgehead atoms. The number of aliphatic carboxylic acids is 1. The third-order valence-corrected chi connectivity index (χ3v) is 7.60. The molecular weight excluding hydrogens is 380 g/mol. The molecule has 3 rings (SSSR count). The lowest BCUT2D eigenvalue weighted by molar-refractivity contribution is -0.136. The fourth-order valence-electron chi connectivity index (χ4n) is 4.38. The average Bonchev–Trinajstić information content (AvgIpc) is 2.68. The van der Waals surface area contributed by atoms with Crippen LogP contribution >= 0.6 is 0 Å². The Bertz CT molecular complexity index is 821. The van der Waals surface area contributed by atoms with Crippen LogP contribution in [0.4, 0.5) is 0 Å². The molecular formula is C20H28N2O5S. The Hall–Kier alpha value is -1.77. The van der Waals surface area contributed by atoms with E-state index in [2.05, 4.69) is 10.0 Å². The Balaban J connectivity index is 1.65. The second-order valence-corrected chi connectivity index (χ2v) is 9.72. The van der Waals surface area contributed by atoms with Crippen molar-refractivity contribution < 1.29 is 23.1 Å². The van der Waals surface area contributed by atoms with E-state index in [0.29, 0.717) is 11.0 Å². The lowest BCUT2D eigenvalue weighted by atomic mass is 9.65. The third-order valence-electron chi connectivity index (χ3n) is 6.14. The van der Waals surface area contributed by atoms with Crippen molar-refractivity contribution in [1.29, 1.82) is 0 Å². The van der Waals surface area contributed by atoms with E-state index in [1.54, 1.807) is 12.1 Å². The van der Waals surface area contributed by atoms with Gasteiger partial charge in [0.1, 0.15) is 0 Å². The molecule has 0 aromatic heterocycles. The van der Waals surface area contributed by atoms with E-state index in [9.17, 15) is 18.0 Å². The zero-order chi connectivity index (χ0) is 20.2. The number of rotatable bonds is 7. The zero-order valence-corrected chi connectivity index (χ0v) is 16.8. The summed E-state index contributed by atoms with van der Waals surface area (Å²) in [6.45, 7) is 1.91. The molecule has 1 spiro atoms. The number of sulfonamides is 1. The second-order valence-electron chi connectivity index (χ2n) is 7.96. The van der Waals surface area contributed by atoms with Crippen LogP contribution in [0.25, 0.3) is 0 Å². The standard InChI is InChI=1S/C20H28N2O5S/c23-18(24)6-11-22-28(26,27)17-3-1-2-16(14-17)19(25)15-4-7-20(8-5-15)9-12-21-13-10-20/h1-3,14-15,21-22H,4-13H2,(H,23,24). The molecule has 1 aliphatic heterocycles. The number of nitrogens with one attached hydrogen (secondary N) is 2. The van der Waals surface area contributed by atoms with Crippen LogP contribution in [-0.2, 0) is 14.8 Å². The quantitative estimate of drug-likeness (QED) is 0.596. The van der Waals surface area contributed by atoms with Crippen molar-refractivity contribution in [3.63, 3.8) is 0 Å². The summed E-state index contributed by atoms with van der Waals surface area (Å²) in [6, 6.07) is 6.05. The molecule has 0 radical (unpaired) electrons. The van der Waals surface area contributed by atoms with Crippen LogP contribution in [-0.4, -0.2) is 44.9 Å². The molecule has 1 heterocycles. The van der Waals surface area contributed by atoms with Gasteiger partial charge in [-0.25, -0.2) is 13.1 Å². The third kappa shape index (κ3) is 4.98. The molecule has 3 N–H and O–H groups in total. The molecule has 154 valence electrons. The van der Waals surface area contributed by atoms with Gasteiger partial charge in [0, 0.05) is 18.0 Å². The highest BCUT2D eigenvalue weighted by Crippen LogP contribution is 2.45. The highest BCUT2D eigenvalue weighted by molar-refractivity contribution is 7.89. The largest absolute Gasteiger partial charge is 0.481 e. The minimum atomic E-state index is -3.84. The number of ketones is 1. The number of carbonyl (C=O) groups excluding carboxylic acids is 1. The summed E-state index contributed by atoms with van der Waals surface area (Å²) in [7, 11) is -3.84. The van der Waals surface area contributed by atoms with Crippen LogP contribution in [0.5, 0.6) is 0 Å². The molecule has 28 heavy (non-hydrogen) atoms. The number of piperidine rings is 1. The molecule has 1 saturated carbocycles. The van der Waals surface area contributed by atoms with Gasteiger partial charge in [0.05, 0.1) is 11.3 Å². The Morgan fingerprint density at radius 1 is 1.14 bits per heavy atom. The number of carboxylic acids is 1. The smallest absolute Gasteiger partial charge is 0.304 e. The van der Waals surface area contributed by atoms with Gasteiger partial charge in [-0.15, -0.1) is 0 Å². The Kier molecular flexibility index (Phi) is 6.52. The first-order valence-electron chi connectivity index (χ1n) is 9.88. The number of hydrogen-bond acceptors (Lipinski definition) is 5. The molecule has 0 atom stereocenters. The van der Waals surface area contributed by atoms with Crippen LogP contribution in [0.15, 0.2) is 29.2 Å². The van der Waals surface area contributed by atoms with Crippen LogP contribution < -0.4 is 10.0 Å². The Labute approximate surface area is 166 Å². The molecule has 1 aromatic carbocycles. The predicted molar refractivity (Wildman–Crippen MR) is 105 cm³/mol. The highest BCUT2D eigenvalue weighted by atomic mass is 32.2. The van der Waals surface area contributed by atoms with E-state index >= 15 is 0 Å². The van der Waals surface area contributed by atoms with E-state index in [1.807, 2.05) is 0 Å². The number of carboxylic acid groups (broad SMARTS) is 1. The molecule has 0 unspecified atom stereocenters. The molecule has 0 amide bonds. The van der Waals surface area contributed by atoms with Crippen molar-refractivity contribution in [3.8, 4) is 0 Å². The topological polar surface area (TPSA) is 113 Å². The summed E-state index contributed by atoms with van der Waals surface area (Å²) in [5.74, 6) is -1.12. The molecule has 8 heteroatoms. The van der Waals surface area contributed by atoms with Gasteiger partial charge < -0.3 is 10.4 Å². The van der Waals surface area contributed by atoms with Gasteiger partial charge in [-0.2, -0.15) is 0 Å². The minimum Gasteiger partial charge on any atom is -0.481 e. The zero-order valence-electron chi connectivity index (χ0n) is 15.9.